The monoisotopic (exact) mass is 363 g/mol. The van der Waals surface area contributed by atoms with Crippen molar-refractivity contribution < 1.29 is 0 Å². The zero-order valence-corrected chi connectivity index (χ0v) is 15.0. The molecule has 0 aliphatic carbocycles. The minimum Gasteiger partial charge on any atom is -0.355 e. The molecule has 0 radical (unpaired) electrons. The van der Waals surface area contributed by atoms with E-state index in [1.807, 2.05) is 12.2 Å². The Labute approximate surface area is 159 Å². The van der Waals surface area contributed by atoms with Crippen molar-refractivity contribution in [2.24, 2.45) is 0 Å². The van der Waals surface area contributed by atoms with Gasteiger partial charge in [0, 0.05) is 27.6 Å². The molecule has 1 aliphatic rings. The van der Waals surface area contributed by atoms with Crippen molar-refractivity contribution in [1.82, 2.24) is 24.9 Å². The van der Waals surface area contributed by atoms with E-state index in [-0.39, 0.29) is 0 Å². The van der Waals surface area contributed by atoms with E-state index < -0.39 is 0 Å². The number of fused-ring (bicyclic) bond motifs is 12. The van der Waals surface area contributed by atoms with Crippen LogP contribution in [0.1, 0.15) is 11.4 Å². The minimum atomic E-state index is 0.930. The van der Waals surface area contributed by atoms with Crippen LogP contribution in [0, 0.1) is 0 Å². The van der Waals surface area contributed by atoms with Crippen molar-refractivity contribution in [2.45, 2.75) is 0 Å². The van der Waals surface area contributed by atoms with Crippen molar-refractivity contribution in [2.75, 3.05) is 0 Å². The smallest absolute Gasteiger partial charge is 0.0872 e. The maximum absolute atomic E-state index is 4.74. The van der Waals surface area contributed by atoms with Crippen molar-refractivity contribution in [3.63, 3.8) is 0 Å². The molecule has 0 spiro atoms. The predicted octanol–water partition coefficient (Wildman–Crippen LogP) is 5.74. The van der Waals surface area contributed by atoms with Gasteiger partial charge in [0.1, 0.15) is 0 Å². The number of hydrogen-bond acceptors (Lipinski definition) is 1. The van der Waals surface area contributed by atoms with Gasteiger partial charge in [0.25, 0.3) is 0 Å². The van der Waals surface area contributed by atoms with Crippen LogP contribution in [-0.4, -0.2) is 24.9 Å². The molecule has 4 N–H and O–H groups in total. The Morgan fingerprint density at radius 1 is 0.464 bits per heavy atom. The highest BCUT2D eigenvalue weighted by Gasteiger charge is 2.02. The second kappa shape index (κ2) is 5.76. The van der Waals surface area contributed by atoms with E-state index in [0.29, 0.717) is 0 Å². The largest absolute Gasteiger partial charge is 0.355 e. The van der Waals surface area contributed by atoms with Gasteiger partial charge in [-0.15, -0.1) is 0 Å². The van der Waals surface area contributed by atoms with E-state index in [1.165, 1.54) is 0 Å². The highest BCUT2D eigenvalue weighted by Crippen LogP contribution is 2.19. The average molecular weight is 363 g/mol. The summed E-state index contributed by atoms with van der Waals surface area (Å²) < 4.78 is 0. The first-order valence-electron chi connectivity index (χ1n) is 9.23. The first-order chi connectivity index (χ1) is 13.8. The third-order valence-electron chi connectivity index (χ3n) is 5.01. The lowest BCUT2D eigenvalue weighted by molar-refractivity contribution is 1.32. The normalized spacial score (nSPS) is 12.1. The fourth-order valence-corrected chi connectivity index (χ4v) is 3.65. The highest BCUT2D eigenvalue weighted by atomic mass is 14.8. The van der Waals surface area contributed by atoms with E-state index in [2.05, 4.69) is 86.7 Å². The maximum Gasteiger partial charge on any atom is 0.0872 e. The Morgan fingerprint density at radius 3 is 1.64 bits per heavy atom. The molecule has 5 nitrogen and oxygen atoms in total. The maximum atomic E-state index is 4.74. The molecule has 0 unspecified atom stereocenters. The topological polar surface area (TPSA) is 76.0 Å². The molecule has 0 saturated carbocycles. The number of hydrogen-bond donors (Lipinski definition) is 4. The van der Waals surface area contributed by atoms with E-state index in [0.717, 1.165) is 55.5 Å². The minimum absolute atomic E-state index is 0.930. The van der Waals surface area contributed by atoms with Crippen molar-refractivity contribution in [3.05, 3.63) is 78.1 Å². The summed E-state index contributed by atoms with van der Waals surface area (Å²) in [5, 5.41) is 0. The molecule has 10 bridgehead atoms. The van der Waals surface area contributed by atoms with Crippen molar-refractivity contribution in [3.8, 4) is 0 Å². The van der Waals surface area contributed by atoms with Crippen LogP contribution in [0.2, 0.25) is 0 Å². The molecule has 5 aromatic rings. The molecule has 0 amide bonds. The van der Waals surface area contributed by atoms with Crippen molar-refractivity contribution in [1.29, 1.82) is 0 Å². The van der Waals surface area contributed by atoms with E-state index in [1.54, 1.807) is 0 Å². The fraction of sp³-hybridized carbons (Fsp3) is 0. The third-order valence-corrected chi connectivity index (χ3v) is 5.01. The number of H-pyrrole nitrogens is 4. The molecule has 6 heterocycles. The van der Waals surface area contributed by atoms with Gasteiger partial charge in [0.15, 0.2) is 0 Å². The Balaban J connectivity index is 1.72. The van der Waals surface area contributed by atoms with Gasteiger partial charge in [-0.3, -0.25) is 0 Å². The van der Waals surface area contributed by atoms with Crippen LogP contribution >= 0.6 is 0 Å². The number of rotatable bonds is 0. The second-order valence-electron chi connectivity index (χ2n) is 7.04. The molecular formula is C23H17N5. The molecule has 1 aliphatic heterocycles. The van der Waals surface area contributed by atoms with Gasteiger partial charge in [-0.2, -0.15) is 0 Å². The third kappa shape index (κ3) is 2.61. The number of aromatic amines is 4. The van der Waals surface area contributed by atoms with E-state index >= 15 is 0 Å². The molecule has 6 rings (SSSR count). The van der Waals surface area contributed by atoms with E-state index in [9.17, 15) is 0 Å². The van der Waals surface area contributed by atoms with Gasteiger partial charge >= 0.3 is 0 Å². The standard InChI is InChI=1S/C23H17N5/c1-2-15-12-17-4-8-21(26-17)23-10-6-19(28-23)13-18-5-9-22(27-18)20-7-3-16(25-20)11-14(1)24-15/h1-13,24-27H. The van der Waals surface area contributed by atoms with Crippen LogP contribution in [0.4, 0.5) is 0 Å². The van der Waals surface area contributed by atoms with Crippen LogP contribution < -0.4 is 0 Å². The first-order valence-corrected chi connectivity index (χ1v) is 9.23. The summed E-state index contributed by atoms with van der Waals surface area (Å²) in [6.07, 6.45) is 4.08. The number of aromatic nitrogens is 5. The van der Waals surface area contributed by atoms with Gasteiger partial charge in [-0.05, 0) is 78.9 Å². The lowest BCUT2D eigenvalue weighted by atomic mass is 10.3. The van der Waals surface area contributed by atoms with E-state index in [4.69, 9.17) is 4.98 Å². The first kappa shape index (κ1) is 15.1. The molecule has 5 heteroatoms. The quantitative estimate of drug-likeness (QED) is 0.273. The molecule has 0 fully saturated rings. The second-order valence-corrected chi connectivity index (χ2v) is 7.04. The Kier molecular flexibility index (Phi) is 3.10. The Bertz CT molecular complexity index is 1520. The fourth-order valence-electron chi connectivity index (χ4n) is 3.65. The average Bonchev–Trinajstić information content (AvgIpc) is 3.46. The summed E-state index contributed by atoms with van der Waals surface area (Å²) in [7, 11) is 0. The Hall–Kier alpha value is -3.99. The number of nitrogens with one attached hydrogen (secondary N) is 4. The summed E-state index contributed by atoms with van der Waals surface area (Å²) in [5.74, 6) is 0. The number of nitrogens with zero attached hydrogens (tertiary/aromatic N) is 1. The molecule has 5 aromatic heterocycles. The SMILES string of the molecule is C1=Cc2nc1cc1ccc([nH]1)c1ccc(cc3ccc(cc4ccc2[nH]4)[nH]3)[nH]1. The van der Waals surface area contributed by atoms with Crippen LogP contribution in [-0.2, 0) is 0 Å². The van der Waals surface area contributed by atoms with Gasteiger partial charge < -0.3 is 19.9 Å². The van der Waals surface area contributed by atoms with Gasteiger partial charge in [-0.1, -0.05) is 0 Å². The molecule has 0 saturated heterocycles. The Morgan fingerprint density at radius 2 is 0.964 bits per heavy atom. The molecule has 0 atom stereocenters. The lowest BCUT2D eigenvalue weighted by Gasteiger charge is -1.86. The van der Waals surface area contributed by atoms with Crippen LogP contribution in [0.25, 0.3) is 56.3 Å². The molecule has 28 heavy (non-hydrogen) atoms. The lowest BCUT2D eigenvalue weighted by Crippen LogP contribution is -1.76. The summed E-state index contributed by atoms with van der Waals surface area (Å²) >= 11 is 0. The predicted molar refractivity (Wildman–Crippen MR) is 116 cm³/mol. The highest BCUT2D eigenvalue weighted by molar-refractivity contribution is 5.83. The van der Waals surface area contributed by atoms with Gasteiger partial charge in [0.2, 0.25) is 0 Å². The zero-order chi connectivity index (χ0) is 18.5. The van der Waals surface area contributed by atoms with Crippen LogP contribution in [0.3, 0.4) is 0 Å². The summed E-state index contributed by atoms with van der Waals surface area (Å²) in [5.41, 5.74) is 10.2. The molecule has 0 aromatic carbocycles. The molecule has 134 valence electrons. The van der Waals surface area contributed by atoms with Crippen LogP contribution in [0.5, 0.6) is 0 Å². The van der Waals surface area contributed by atoms with Gasteiger partial charge in [-0.25, -0.2) is 4.98 Å². The van der Waals surface area contributed by atoms with Gasteiger partial charge in [0.05, 0.1) is 27.9 Å². The summed E-state index contributed by atoms with van der Waals surface area (Å²) in [6.45, 7) is 0. The summed E-state index contributed by atoms with van der Waals surface area (Å²) in [4.78, 5) is 18.5. The van der Waals surface area contributed by atoms with Crippen molar-refractivity contribution >= 4 is 56.3 Å². The molecular weight excluding hydrogens is 346 g/mol. The zero-order valence-electron chi connectivity index (χ0n) is 15.0. The summed E-state index contributed by atoms with van der Waals surface area (Å²) in [6, 6.07) is 22.9. The van der Waals surface area contributed by atoms with Crippen LogP contribution in [0.15, 0.2) is 66.7 Å².